The van der Waals surface area contributed by atoms with Gasteiger partial charge in [0.05, 0.1) is 17.8 Å². The fraction of sp³-hybridized carbons (Fsp3) is 0.417. The molecule has 1 N–H and O–H groups in total. The normalized spacial score (nSPS) is 25.9. The number of thiophene rings is 1. The van der Waals surface area contributed by atoms with Crippen molar-refractivity contribution in [1.82, 2.24) is 0 Å². The molecule has 2 atom stereocenters. The topological polar surface area (TPSA) is 46.5 Å². The number of carboxylic acids is 1. The summed E-state index contributed by atoms with van der Waals surface area (Å²) < 4.78 is 5.60. The van der Waals surface area contributed by atoms with Crippen molar-refractivity contribution in [2.45, 2.75) is 32.0 Å². The molecule has 2 rings (SSSR count). The minimum atomic E-state index is -0.884. The van der Waals surface area contributed by atoms with Gasteiger partial charge in [-0.25, -0.2) is 4.79 Å². The third kappa shape index (κ3) is 2.51. The summed E-state index contributed by atoms with van der Waals surface area (Å²) in [7, 11) is 0. The van der Waals surface area contributed by atoms with Crippen molar-refractivity contribution in [2.75, 3.05) is 0 Å². The summed E-state index contributed by atoms with van der Waals surface area (Å²) in [6, 6.07) is 3.68. The Morgan fingerprint density at radius 1 is 1.62 bits per heavy atom. The minimum absolute atomic E-state index is 0.0526. The van der Waals surface area contributed by atoms with Crippen LogP contribution in [0.3, 0.4) is 0 Å². The van der Waals surface area contributed by atoms with E-state index in [9.17, 15) is 4.79 Å². The van der Waals surface area contributed by atoms with E-state index in [1.807, 2.05) is 24.4 Å². The molecule has 0 bridgehead atoms. The van der Waals surface area contributed by atoms with Crippen molar-refractivity contribution in [1.29, 1.82) is 0 Å². The van der Waals surface area contributed by atoms with E-state index in [2.05, 4.69) is 0 Å². The summed E-state index contributed by atoms with van der Waals surface area (Å²) in [6.07, 6.45) is 3.82. The lowest BCUT2D eigenvalue weighted by atomic mass is 10.1. The fourth-order valence-electron chi connectivity index (χ4n) is 1.83. The number of carbonyl (C=O) groups is 1. The first-order chi connectivity index (χ1) is 7.66. The summed E-state index contributed by atoms with van der Waals surface area (Å²) in [4.78, 5) is 11.9. The van der Waals surface area contributed by atoms with Crippen LogP contribution in [0.1, 0.15) is 24.6 Å². The van der Waals surface area contributed by atoms with Gasteiger partial charge >= 0.3 is 5.97 Å². The molecule has 16 heavy (non-hydrogen) atoms. The first kappa shape index (κ1) is 11.4. The van der Waals surface area contributed by atoms with Crippen LogP contribution in [0.25, 0.3) is 5.57 Å². The van der Waals surface area contributed by atoms with Crippen molar-refractivity contribution in [3.05, 3.63) is 28.5 Å². The Labute approximate surface area is 98.4 Å². The fourth-order valence-corrected chi connectivity index (χ4v) is 2.58. The molecule has 1 aromatic rings. The molecule has 1 aromatic heterocycles. The van der Waals surface area contributed by atoms with Crippen LogP contribution in [0, 0.1) is 0 Å². The Morgan fingerprint density at radius 2 is 2.44 bits per heavy atom. The van der Waals surface area contributed by atoms with Gasteiger partial charge in [0.25, 0.3) is 0 Å². The van der Waals surface area contributed by atoms with Gasteiger partial charge in [0.2, 0.25) is 0 Å². The molecule has 1 fully saturated rings. The van der Waals surface area contributed by atoms with Crippen LogP contribution in [-0.2, 0) is 9.53 Å². The molecule has 1 saturated heterocycles. The van der Waals surface area contributed by atoms with Gasteiger partial charge in [0, 0.05) is 4.88 Å². The predicted molar refractivity (Wildman–Crippen MR) is 63.5 cm³/mol. The quantitative estimate of drug-likeness (QED) is 0.824. The second-order valence-corrected chi connectivity index (χ2v) is 4.87. The lowest BCUT2D eigenvalue weighted by Crippen LogP contribution is -2.08. The van der Waals surface area contributed by atoms with Crippen LogP contribution >= 0.6 is 11.3 Å². The summed E-state index contributed by atoms with van der Waals surface area (Å²) in [5.74, 6) is -0.884. The minimum Gasteiger partial charge on any atom is -0.478 e. The maximum atomic E-state index is 11.1. The number of hydrogen-bond acceptors (Lipinski definition) is 3. The zero-order chi connectivity index (χ0) is 11.5. The summed E-state index contributed by atoms with van der Waals surface area (Å²) in [5.41, 5.74) is 0.356. The van der Waals surface area contributed by atoms with Crippen molar-refractivity contribution in [2.24, 2.45) is 0 Å². The Kier molecular flexibility index (Phi) is 3.41. The average molecular weight is 238 g/mol. The van der Waals surface area contributed by atoms with Gasteiger partial charge < -0.3 is 9.84 Å². The highest BCUT2D eigenvalue weighted by atomic mass is 32.1. The number of carboxylic acid groups (broad SMARTS) is 1. The van der Waals surface area contributed by atoms with Crippen molar-refractivity contribution in [3.63, 3.8) is 0 Å². The zero-order valence-corrected chi connectivity index (χ0v) is 9.87. The van der Waals surface area contributed by atoms with E-state index in [0.717, 1.165) is 17.7 Å². The molecular formula is C12H14O3S. The third-order valence-corrected chi connectivity index (χ3v) is 3.54. The number of hydrogen-bond donors (Lipinski definition) is 1. The molecule has 3 nitrogen and oxygen atoms in total. The monoisotopic (exact) mass is 238 g/mol. The van der Waals surface area contributed by atoms with E-state index >= 15 is 0 Å². The lowest BCUT2D eigenvalue weighted by Gasteiger charge is -2.07. The number of ether oxygens (including phenoxy) is 1. The molecule has 0 amide bonds. The average Bonchev–Trinajstić information content (AvgIpc) is 2.84. The van der Waals surface area contributed by atoms with Crippen LogP contribution in [0.5, 0.6) is 0 Å². The molecule has 0 spiro atoms. The SMILES string of the molecule is CC1CCC(/C=C(/C(=O)O)c2cccs2)O1. The first-order valence-electron chi connectivity index (χ1n) is 5.31. The van der Waals surface area contributed by atoms with Gasteiger partial charge in [0.15, 0.2) is 0 Å². The van der Waals surface area contributed by atoms with E-state index in [0.29, 0.717) is 5.57 Å². The summed E-state index contributed by atoms with van der Waals surface area (Å²) in [5, 5.41) is 11.0. The first-order valence-corrected chi connectivity index (χ1v) is 6.19. The van der Waals surface area contributed by atoms with Crippen LogP contribution < -0.4 is 0 Å². The van der Waals surface area contributed by atoms with Gasteiger partial charge in [-0.3, -0.25) is 0 Å². The molecule has 0 aromatic carbocycles. The second-order valence-electron chi connectivity index (χ2n) is 3.93. The van der Waals surface area contributed by atoms with Crippen molar-refractivity contribution >= 4 is 22.9 Å². The molecule has 2 heterocycles. The highest BCUT2D eigenvalue weighted by molar-refractivity contribution is 7.11. The molecular weight excluding hydrogens is 224 g/mol. The lowest BCUT2D eigenvalue weighted by molar-refractivity contribution is -0.130. The molecule has 86 valence electrons. The Hall–Kier alpha value is -1.13. The van der Waals surface area contributed by atoms with Crippen molar-refractivity contribution < 1.29 is 14.6 Å². The van der Waals surface area contributed by atoms with Gasteiger partial charge in [-0.05, 0) is 37.3 Å². The Bertz CT molecular complexity index is 394. The van der Waals surface area contributed by atoms with E-state index < -0.39 is 5.97 Å². The van der Waals surface area contributed by atoms with Crippen molar-refractivity contribution in [3.8, 4) is 0 Å². The van der Waals surface area contributed by atoms with Gasteiger partial charge in [0.1, 0.15) is 0 Å². The highest BCUT2D eigenvalue weighted by Gasteiger charge is 2.22. The zero-order valence-electron chi connectivity index (χ0n) is 9.05. The van der Waals surface area contributed by atoms with Crippen LogP contribution in [-0.4, -0.2) is 23.3 Å². The Balaban J connectivity index is 2.20. The van der Waals surface area contributed by atoms with Gasteiger partial charge in [-0.15, -0.1) is 11.3 Å². The highest BCUT2D eigenvalue weighted by Crippen LogP contribution is 2.26. The van der Waals surface area contributed by atoms with Crippen LogP contribution in [0.2, 0.25) is 0 Å². The van der Waals surface area contributed by atoms with E-state index in [-0.39, 0.29) is 12.2 Å². The van der Waals surface area contributed by atoms with Gasteiger partial charge in [-0.2, -0.15) is 0 Å². The third-order valence-electron chi connectivity index (χ3n) is 2.63. The smallest absolute Gasteiger partial charge is 0.336 e. The maximum Gasteiger partial charge on any atom is 0.336 e. The molecule has 0 saturated carbocycles. The predicted octanol–water partition coefficient (Wildman–Crippen LogP) is 2.78. The molecule has 0 radical (unpaired) electrons. The number of rotatable bonds is 3. The maximum absolute atomic E-state index is 11.1. The molecule has 4 heteroatoms. The van der Waals surface area contributed by atoms with Crippen LogP contribution in [0.4, 0.5) is 0 Å². The summed E-state index contributed by atoms with van der Waals surface area (Å²) in [6.45, 7) is 2.01. The Morgan fingerprint density at radius 3 is 2.94 bits per heavy atom. The van der Waals surface area contributed by atoms with E-state index in [1.54, 1.807) is 6.08 Å². The molecule has 2 unspecified atom stereocenters. The van der Waals surface area contributed by atoms with E-state index in [1.165, 1.54) is 11.3 Å². The summed E-state index contributed by atoms with van der Waals surface area (Å²) >= 11 is 1.44. The largest absolute Gasteiger partial charge is 0.478 e. The van der Waals surface area contributed by atoms with Gasteiger partial charge in [-0.1, -0.05) is 6.07 Å². The van der Waals surface area contributed by atoms with E-state index in [4.69, 9.17) is 9.84 Å². The number of aliphatic carboxylic acids is 1. The standard InChI is InChI=1S/C12H14O3S/c1-8-4-5-9(15-8)7-10(12(13)14)11-3-2-6-16-11/h2-3,6-9H,4-5H2,1H3,(H,13,14)/b10-7+. The second kappa shape index (κ2) is 4.80. The molecule has 0 aliphatic carbocycles. The molecule has 1 aliphatic rings. The van der Waals surface area contributed by atoms with Crippen LogP contribution in [0.15, 0.2) is 23.6 Å². The molecule has 1 aliphatic heterocycles.